The maximum Gasteiger partial charge on any atom is 0.195 e. The van der Waals surface area contributed by atoms with Crippen LogP contribution in [-0.4, -0.2) is 21.1 Å². The molecule has 0 saturated carbocycles. The summed E-state index contributed by atoms with van der Waals surface area (Å²) in [5.41, 5.74) is 0.672. The van der Waals surface area contributed by atoms with Crippen molar-refractivity contribution in [1.82, 2.24) is 14.8 Å². The van der Waals surface area contributed by atoms with Gasteiger partial charge in [-0.3, -0.25) is 4.79 Å². The van der Waals surface area contributed by atoms with Crippen molar-refractivity contribution in [3.05, 3.63) is 36.2 Å². The van der Waals surface area contributed by atoms with E-state index in [-0.39, 0.29) is 0 Å². The topological polar surface area (TPSA) is 47.8 Å². The van der Waals surface area contributed by atoms with Gasteiger partial charge in [-0.1, -0.05) is 18.2 Å². The second-order valence-corrected chi connectivity index (χ2v) is 3.99. The number of nitrogens with zero attached hydrogens (tertiary/aromatic N) is 3. The number of hydrogen-bond acceptors (Lipinski definition) is 4. The molecule has 0 saturated heterocycles. The summed E-state index contributed by atoms with van der Waals surface area (Å²) in [5, 5.41) is 8.49. The molecule has 0 aliphatic rings. The third-order valence-corrected chi connectivity index (χ3v) is 3.06. The standard InChI is InChI=1S/C10H9N3OS/c1-13-7-11-12-10(13)15-9-5-3-2-4-8(9)6-14/h2-7H,1H3. The van der Waals surface area contributed by atoms with E-state index in [0.29, 0.717) is 5.56 Å². The SMILES string of the molecule is Cn1cnnc1Sc1ccccc1C=O. The van der Waals surface area contributed by atoms with E-state index in [1.165, 1.54) is 11.8 Å². The molecule has 0 bridgehead atoms. The Bertz CT molecular complexity index is 481. The highest BCUT2D eigenvalue weighted by atomic mass is 32.2. The Kier molecular flexibility index (Phi) is 2.82. The third-order valence-electron chi connectivity index (χ3n) is 1.92. The zero-order valence-electron chi connectivity index (χ0n) is 8.12. The van der Waals surface area contributed by atoms with Crippen LogP contribution in [0.3, 0.4) is 0 Å². The molecule has 1 heterocycles. The Morgan fingerprint density at radius 2 is 2.20 bits per heavy atom. The van der Waals surface area contributed by atoms with Crippen LogP contribution in [0.1, 0.15) is 10.4 Å². The van der Waals surface area contributed by atoms with Crippen LogP contribution >= 0.6 is 11.8 Å². The molecule has 0 spiro atoms. The Balaban J connectivity index is 2.32. The molecule has 0 aliphatic carbocycles. The lowest BCUT2D eigenvalue weighted by atomic mass is 10.2. The fourth-order valence-electron chi connectivity index (χ4n) is 1.13. The predicted octanol–water partition coefficient (Wildman–Crippen LogP) is 1.78. The molecular formula is C10H9N3OS. The number of carbonyl (C=O) groups excluding carboxylic acids is 1. The molecule has 0 unspecified atom stereocenters. The Morgan fingerprint density at radius 3 is 2.87 bits per heavy atom. The molecule has 0 amide bonds. The van der Waals surface area contributed by atoms with E-state index < -0.39 is 0 Å². The summed E-state index contributed by atoms with van der Waals surface area (Å²) in [4.78, 5) is 11.7. The van der Waals surface area contributed by atoms with Gasteiger partial charge >= 0.3 is 0 Å². The van der Waals surface area contributed by atoms with Gasteiger partial charge in [-0.2, -0.15) is 0 Å². The molecule has 1 aromatic heterocycles. The maximum atomic E-state index is 10.8. The van der Waals surface area contributed by atoms with Gasteiger partial charge < -0.3 is 4.57 Å². The first-order valence-electron chi connectivity index (χ1n) is 4.37. The number of carbonyl (C=O) groups is 1. The van der Waals surface area contributed by atoms with Gasteiger partial charge in [0.05, 0.1) is 0 Å². The summed E-state index contributed by atoms with van der Waals surface area (Å²) in [6, 6.07) is 7.41. The first-order chi connectivity index (χ1) is 7.31. The average Bonchev–Trinajstić information content (AvgIpc) is 2.65. The number of rotatable bonds is 3. The monoisotopic (exact) mass is 219 g/mol. The van der Waals surface area contributed by atoms with Crippen LogP contribution in [0.2, 0.25) is 0 Å². The summed E-state index contributed by atoms with van der Waals surface area (Å²) >= 11 is 1.43. The van der Waals surface area contributed by atoms with E-state index in [9.17, 15) is 4.79 Å². The first kappa shape index (κ1) is 9.92. The van der Waals surface area contributed by atoms with Gasteiger partial charge in [0.2, 0.25) is 0 Å². The lowest BCUT2D eigenvalue weighted by Gasteiger charge is -2.02. The second-order valence-electron chi connectivity index (χ2n) is 2.98. The summed E-state index contributed by atoms with van der Waals surface area (Å²) in [7, 11) is 1.87. The van der Waals surface area contributed by atoms with E-state index in [4.69, 9.17) is 0 Å². The van der Waals surface area contributed by atoms with Crippen LogP contribution in [0.5, 0.6) is 0 Å². The molecule has 1 aromatic carbocycles. The van der Waals surface area contributed by atoms with Gasteiger partial charge in [0, 0.05) is 17.5 Å². The van der Waals surface area contributed by atoms with E-state index in [0.717, 1.165) is 16.3 Å². The molecule has 0 fully saturated rings. The zero-order valence-corrected chi connectivity index (χ0v) is 8.94. The van der Waals surface area contributed by atoms with Crippen molar-refractivity contribution in [2.24, 2.45) is 7.05 Å². The second kappa shape index (κ2) is 4.27. The van der Waals surface area contributed by atoms with E-state index in [2.05, 4.69) is 10.2 Å². The van der Waals surface area contributed by atoms with Crippen molar-refractivity contribution < 1.29 is 4.79 Å². The molecule has 2 aromatic rings. The van der Waals surface area contributed by atoms with Gasteiger partial charge in [-0.15, -0.1) is 10.2 Å². The van der Waals surface area contributed by atoms with E-state index in [1.54, 1.807) is 12.4 Å². The van der Waals surface area contributed by atoms with E-state index >= 15 is 0 Å². The van der Waals surface area contributed by atoms with Gasteiger partial charge in [-0.25, -0.2) is 0 Å². The van der Waals surface area contributed by atoms with Gasteiger partial charge in [0.15, 0.2) is 11.4 Å². The number of aromatic nitrogens is 3. The maximum absolute atomic E-state index is 10.8. The lowest BCUT2D eigenvalue weighted by molar-refractivity contribution is 0.112. The van der Waals surface area contributed by atoms with Crippen molar-refractivity contribution in [2.75, 3.05) is 0 Å². The van der Waals surface area contributed by atoms with Crippen molar-refractivity contribution in [2.45, 2.75) is 10.1 Å². The molecular weight excluding hydrogens is 210 g/mol. The summed E-state index contributed by atoms with van der Waals surface area (Å²) in [6.07, 6.45) is 2.48. The summed E-state index contributed by atoms with van der Waals surface area (Å²) in [5.74, 6) is 0. The zero-order chi connectivity index (χ0) is 10.7. The van der Waals surface area contributed by atoms with Crippen LogP contribution in [0.4, 0.5) is 0 Å². The molecule has 2 rings (SSSR count). The molecule has 4 nitrogen and oxygen atoms in total. The smallest absolute Gasteiger partial charge is 0.195 e. The number of aryl methyl sites for hydroxylation is 1. The normalized spacial score (nSPS) is 10.2. The number of aldehydes is 1. The van der Waals surface area contributed by atoms with Crippen LogP contribution in [0.15, 0.2) is 40.6 Å². The molecule has 5 heteroatoms. The highest BCUT2D eigenvalue weighted by Crippen LogP contribution is 2.27. The van der Waals surface area contributed by atoms with Gasteiger partial charge in [0.25, 0.3) is 0 Å². The molecule has 76 valence electrons. The fourth-order valence-corrected chi connectivity index (χ4v) is 1.99. The summed E-state index contributed by atoms with van der Waals surface area (Å²) in [6.45, 7) is 0. The summed E-state index contributed by atoms with van der Waals surface area (Å²) < 4.78 is 1.81. The van der Waals surface area contributed by atoms with Gasteiger partial charge in [0.1, 0.15) is 6.33 Å². The van der Waals surface area contributed by atoms with E-state index in [1.807, 2.05) is 29.8 Å². The first-order valence-corrected chi connectivity index (χ1v) is 5.19. The lowest BCUT2D eigenvalue weighted by Crippen LogP contribution is -1.90. The largest absolute Gasteiger partial charge is 0.311 e. The Hall–Kier alpha value is -1.62. The van der Waals surface area contributed by atoms with Crippen LogP contribution in [-0.2, 0) is 7.05 Å². The molecule has 0 atom stereocenters. The van der Waals surface area contributed by atoms with Crippen molar-refractivity contribution in [3.63, 3.8) is 0 Å². The minimum Gasteiger partial charge on any atom is -0.311 e. The number of hydrogen-bond donors (Lipinski definition) is 0. The quantitative estimate of drug-likeness (QED) is 0.738. The number of benzene rings is 1. The van der Waals surface area contributed by atoms with Crippen molar-refractivity contribution >= 4 is 18.0 Å². The Morgan fingerprint density at radius 1 is 1.40 bits per heavy atom. The van der Waals surface area contributed by atoms with Gasteiger partial charge in [-0.05, 0) is 17.8 Å². The fraction of sp³-hybridized carbons (Fsp3) is 0.100. The highest BCUT2D eigenvalue weighted by molar-refractivity contribution is 7.99. The average molecular weight is 219 g/mol. The molecule has 0 N–H and O–H groups in total. The highest BCUT2D eigenvalue weighted by Gasteiger charge is 2.06. The molecule has 15 heavy (non-hydrogen) atoms. The third kappa shape index (κ3) is 2.07. The van der Waals surface area contributed by atoms with Crippen LogP contribution in [0.25, 0.3) is 0 Å². The van der Waals surface area contributed by atoms with Crippen LogP contribution < -0.4 is 0 Å². The van der Waals surface area contributed by atoms with Crippen molar-refractivity contribution in [1.29, 1.82) is 0 Å². The van der Waals surface area contributed by atoms with Crippen molar-refractivity contribution in [3.8, 4) is 0 Å². The minimum atomic E-state index is 0.672. The predicted molar refractivity (Wildman–Crippen MR) is 57.0 cm³/mol. The molecule has 0 aliphatic heterocycles. The van der Waals surface area contributed by atoms with Crippen LogP contribution in [0, 0.1) is 0 Å². The molecule has 0 radical (unpaired) electrons. The Labute approximate surface area is 91.3 Å². The minimum absolute atomic E-state index is 0.672.